The molecule has 118 valence electrons. The molecule has 0 saturated heterocycles. The van der Waals surface area contributed by atoms with Crippen molar-refractivity contribution in [3.8, 4) is 11.5 Å². The third kappa shape index (κ3) is 1.97. The number of hydrogen-bond acceptors (Lipinski definition) is 3. The minimum absolute atomic E-state index is 0.116. The molecule has 0 aromatic heterocycles. The van der Waals surface area contributed by atoms with Gasteiger partial charge in [-0.15, -0.1) is 0 Å². The molecule has 0 radical (unpaired) electrons. The van der Waals surface area contributed by atoms with E-state index in [2.05, 4.69) is 5.32 Å². The number of carbonyl (C=O) groups is 1. The van der Waals surface area contributed by atoms with E-state index in [1.165, 1.54) is 0 Å². The van der Waals surface area contributed by atoms with Crippen LogP contribution in [0.15, 0.2) is 72.8 Å². The van der Waals surface area contributed by atoms with Crippen LogP contribution < -0.4 is 5.32 Å². The van der Waals surface area contributed by atoms with Crippen molar-refractivity contribution in [2.24, 2.45) is 0 Å². The minimum atomic E-state index is -0.953. The van der Waals surface area contributed by atoms with E-state index in [0.29, 0.717) is 5.56 Å². The van der Waals surface area contributed by atoms with Crippen LogP contribution in [0.1, 0.15) is 27.0 Å². The highest BCUT2D eigenvalue weighted by molar-refractivity contribution is 6.01. The molecule has 4 heteroatoms. The van der Waals surface area contributed by atoms with E-state index < -0.39 is 5.54 Å². The molecule has 24 heavy (non-hydrogen) atoms. The van der Waals surface area contributed by atoms with Gasteiger partial charge in [0.2, 0.25) is 0 Å². The Kier molecular flexibility index (Phi) is 3.06. The Hall–Kier alpha value is -3.27. The molecule has 3 aromatic carbocycles. The first kappa shape index (κ1) is 14.3. The molecule has 4 nitrogen and oxygen atoms in total. The first-order valence-corrected chi connectivity index (χ1v) is 7.62. The Morgan fingerprint density at radius 3 is 1.92 bits per heavy atom. The average molecular weight is 317 g/mol. The van der Waals surface area contributed by atoms with Gasteiger partial charge in [0.15, 0.2) is 0 Å². The lowest BCUT2D eigenvalue weighted by Crippen LogP contribution is -2.41. The van der Waals surface area contributed by atoms with Crippen LogP contribution in [0.2, 0.25) is 0 Å². The number of carbonyl (C=O) groups excluding carboxylic acids is 1. The Bertz CT molecular complexity index is 903. The number of amides is 1. The summed E-state index contributed by atoms with van der Waals surface area (Å²) in [4.78, 5) is 12.6. The van der Waals surface area contributed by atoms with Gasteiger partial charge in [0.25, 0.3) is 5.91 Å². The molecule has 1 aliphatic rings. The number of nitrogens with one attached hydrogen (secondary N) is 1. The molecule has 0 spiro atoms. The van der Waals surface area contributed by atoms with E-state index >= 15 is 0 Å². The van der Waals surface area contributed by atoms with Crippen molar-refractivity contribution >= 4 is 5.91 Å². The zero-order valence-corrected chi connectivity index (χ0v) is 12.7. The number of phenols is 2. The van der Waals surface area contributed by atoms with Gasteiger partial charge in [0, 0.05) is 5.56 Å². The molecular weight excluding hydrogens is 302 g/mol. The van der Waals surface area contributed by atoms with Crippen LogP contribution in [0.4, 0.5) is 0 Å². The summed E-state index contributed by atoms with van der Waals surface area (Å²) >= 11 is 0. The Balaban J connectivity index is 2.08. The first-order chi connectivity index (χ1) is 11.6. The number of rotatable bonds is 2. The molecule has 0 unspecified atom stereocenters. The van der Waals surface area contributed by atoms with Gasteiger partial charge in [-0.05, 0) is 47.0 Å². The number of fused-ring (bicyclic) bond motifs is 1. The zero-order chi connectivity index (χ0) is 16.7. The molecule has 0 saturated carbocycles. The van der Waals surface area contributed by atoms with Crippen molar-refractivity contribution in [1.82, 2.24) is 5.32 Å². The average Bonchev–Trinajstić information content (AvgIpc) is 2.89. The maximum atomic E-state index is 12.6. The molecule has 1 amide bonds. The maximum Gasteiger partial charge on any atom is 0.252 e. The number of hydrogen-bond donors (Lipinski definition) is 3. The maximum absolute atomic E-state index is 12.6. The predicted octanol–water partition coefficient (Wildman–Crippen LogP) is 3.13. The van der Waals surface area contributed by atoms with Crippen LogP contribution in [0.5, 0.6) is 11.5 Å². The normalized spacial score (nSPS) is 14.9. The zero-order valence-electron chi connectivity index (χ0n) is 12.7. The molecule has 0 bridgehead atoms. The van der Waals surface area contributed by atoms with Gasteiger partial charge in [-0.25, -0.2) is 0 Å². The number of benzene rings is 3. The summed E-state index contributed by atoms with van der Waals surface area (Å²) in [6.45, 7) is 0. The van der Waals surface area contributed by atoms with Crippen molar-refractivity contribution in [2.75, 3.05) is 0 Å². The number of phenolic OH excluding ortho intramolecular Hbond substituents is 2. The lowest BCUT2D eigenvalue weighted by atomic mass is 9.78. The van der Waals surface area contributed by atoms with E-state index in [0.717, 1.165) is 16.7 Å². The Morgan fingerprint density at radius 1 is 0.750 bits per heavy atom. The minimum Gasteiger partial charge on any atom is -0.508 e. The van der Waals surface area contributed by atoms with Crippen LogP contribution in [0.25, 0.3) is 0 Å². The third-order valence-electron chi connectivity index (χ3n) is 4.44. The summed E-state index contributed by atoms with van der Waals surface area (Å²) in [7, 11) is 0. The van der Waals surface area contributed by atoms with Gasteiger partial charge >= 0.3 is 0 Å². The van der Waals surface area contributed by atoms with E-state index in [1.54, 1.807) is 42.5 Å². The summed E-state index contributed by atoms with van der Waals surface area (Å²) in [5.74, 6) is 0.0496. The summed E-state index contributed by atoms with van der Waals surface area (Å²) in [6.07, 6.45) is 0. The van der Waals surface area contributed by atoms with Gasteiger partial charge < -0.3 is 15.5 Å². The second-order valence-electron chi connectivity index (χ2n) is 5.85. The third-order valence-corrected chi connectivity index (χ3v) is 4.44. The van der Waals surface area contributed by atoms with Gasteiger partial charge in [0.05, 0.1) is 0 Å². The molecular formula is C20H15NO3. The van der Waals surface area contributed by atoms with Gasteiger partial charge in [-0.3, -0.25) is 4.79 Å². The summed E-state index contributed by atoms with van der Waals surface area (Å²) in [5, 5.41) is 22.9. The van der Waals surface area contributed by atoms with Gasteiger partial charge in [-0.1, -0.05) is 42.5 Å². The highest BCUT2D eigenvalue weighted by Crippen LogP contribution is 2.43. The summed E-state index contributed by atoms with van der Waals surface area (Å²) < 4.78 is 0. The Labute approximate surface area is 139 Å². The SMILES string of the molecule is O=C1NC(c2cccc(O)c2)(c2cccc(O)c2)c2ccccc21. The van der Waals surface area contributed by atoms with Crippen molar-refractivity contribution in [3.63, 3.8) is 0 Å². The molecule has 0 atom stereocenters. The fraction of sp³-hybridized carbons (Fsp3) is 0.0500. The fourth-order valence-electron chi connectivity index (χ4n) is 3.41. The molecule has 0 fully saturated rings. The van der Waals surface area contributed by atoms with E-state index in [9.17, 15) is 15.0 Å². The molecule has 3 N–H and O–H groups in total. The van der Waals surface area contributed by atoms with Crippen LogP contribution in [0, 0.1) is 0 Å². The topological polar surface area (TPSA) is 69.6 Å². The smallest absolute Gasteiger partial charge is 0.252 e. The molecule has 4 rings (SSSR count). The second kappa shape index (κ2) is 5.13. The van der Waals surface area contributed by atoms with Crippen molar-refractivity contribution in [2.45, 2.75) is 5.54 Å². The van der Waals surface area contributed by atoms with Crippen LogP contribution in [-0.4, -0.2) is 16.1 Å². The van der Waals surface area contributed by atoms with E-state index in [1.807, 2.05) is 30.3 Å². The monoisotopic (exact) mass is 317 g/mol. The van der Waals surface area contributed by atoms with E-state index in [-0.39, 0.29) is 17.4 Å². The molecule has 1 aliphatic heterocycles. The predicted molar refractivity (Wildman–Crippen MR) is 90.0 cm³/mol. The van der Waals surface area contributed by atoms with Crippen molar-refractivity contribution in [3.05, 3.63) is 95.1 Å². The quantitative estimate of drug-likeness (QED) is 0.680. The number of aromatic hydroxyl groups is 2. The van der Waals surface area contributed by atoms with Crippen LogP contribution >= 0.6 is 0 Å². The lowest BCUT2D eigenvalue weighted by Gasteiger charge is -2.32. The highest BCUT2D eigenvalue weighted by atomic mass is 16.3. The molecule has 1 heterocycles. The van der Waals surface area contributed by atoms with Crippen LogP contribution in [-0.2, 0) is 5.54 Å². The van der Waals surface area contributed by atoms with Crippen LogP contribution in [0.3, 0.4) is 0 Å². The summed E-state index contributed by atoms with van der Waals surface area (Å²) in [6, 6.07) is 21.0. The molecule has 0 aliphatic carbocycles. The molecule has 3 aromatic rings. The lowest BCUT2D eigenvalue weighted by molar-refractivity contribution is 0.0948. The largest absolute Gasteiger partial charge is 0.508 e. The first-order valence-electron chi connectivity index (χ1n) is 7.62. The fourth-order valence-corrected chi connectivity index (χ4v) is 3.41. The second-order valence-corrected chi connectivity index (χ2v) is 5.85. The van der Waals surface area contributed by atoms with Gasteiger partial charge in [0.1, 0.15) is 17.0 Å². The Morgan fingerprint density at radius 2 is 1.33 bits per heavy atom. The highest BCUT2D eigenvalue weighted by Gasteiger charge is 2.45. The van der Waals surface area contributed by atoms with E-state index in [4.69, 9.17) is 0 Å². The summed E-state index contributed by atoms with van der Waals surface area (Å²) in [5.41, 5.74) is 1.89. The van der Waals surface area contributed by atoms with Crippen molar-refractivity contribution in [1.29, 1.82) is 0 Å². The van der Waals surface area contributed by atoms with Gasteiger partial charge in [-0.2, -0.15) is 0 Å². The van der Waals surface area contributed by atoms with Crippen molar-refractivity contribution < 1.29 is 15.0 Å². The standard InChI is InChI=1S/C20H15NO3/c22-15-7-3-5-13(11-15)20(14-6-4-8-16(23)12-14)18-10-2-1-9-17(18)19(24)21-20/h1-12,22-23H,(H,21,24).